The third kappa shape index (κ3) is 8.56. The van der Waals surface area contributed by atoms with Crippen LogP contribution in [0.1, 0.15) is 12.0 Å². The number of aliphatic imine (C=N–C) groups is 1. The van der Waals surface area contributed by atoms with E-state index in [0.29, 0.717) is 30.5 Å². The van der Waals surface area contributed by atoms with E-state index >= 15 is 0 Å². The molecule has 0 saturated carbocycles. The number of hydrogen-bond acceptors (Lipinski definition) is 5. The number of alkyl halides is 3. The van der Waals surface area contributed by atoms with E-state index in [1.54, 1.807) is 26.3 Å². The highest BCUT2D eigenvalue weighted by atomic mass is 19.4. The van der Waals surface area contributed by atoms with Gasteiger partial charge in [-0.25, -0.2) is 4.98 Å². The van der Waals surface area contributed by atoms with Crippen LogP contribution in [0.2, 0.25) is 0 Å². The second-order valence-corrected chi connectivity index (χ2v) is 6.14. The van der Waals surface area contributed by atoms with Gasteiger partial charge in [0, 0.05) is 57.2 Å². The molecule has 0 aliphatic rings. The molecule has 0 aliphatic carbocycles. The Morgan fingerprint density at radius 1 is 1.13 bits per heavy atom. The number of anilines is 1. The molecular formula is C20H25F3N4O3. The summed E-state index contributed by atoms with van der Waals surface area (Å²) >= 11 is 0. The van der Waals surface area contributed by atoms with Crippen LogP contribution in [0.4, 0.5) is 18.9 Å². The van der Waals surface area contributed by atoms with Crippen LogP contribution in [0.5, 0.6) is 11.6 Å². The molecule has 0 unspecified atom stereocenters. The molecule has 1 aromatic heterocycles. The Morgan fingerprint density at radius 2 is 1.97 bits per heavy atom. The molecule has 7 nitrogen and oxygen atoms in total. The van der Waals surface area contributed by atoms with Gasteiger partial charge < -0.3 is 24.8 Å². The van der Waals surface area contributed by atoms with Crippen molar-refractivity contribution < 1.29 is 27.4 Å². The van der Waals surface area contributed by atoms with Crippen LogP contribution in [0.15, 0.2) is 47.6 Å². The second kappa shape index (κ2) is 11.9. The summed E-state index contributed by atoms with van der Waals surface area (Å²) in [5.74, 6) is 1.04. The quantitative estimate of drug-likeness (QED) is 0.343. The van der Waals surface area contributed by atoms with Crippen LogP contribution in [0.3, 0.4) is 0 Å². The van der Waals surface area contributed by atoms with E-state index in [-0.39, 0.29) is 12.4 Å². The molecule has 30 heavy (non-hydrogen) atoms. The predicted octanol–water partition coefficient (Wildman–Crippen LogP) is 3.63. The highest BCUT2D eigenvalue weighted by Gasteiger charge is 2.29. The van der Waals surface area contributed by atoms with Crippen LogP contribution < -0.4 is 20.1 Å². The van der Waals surface area contributed by atoms with Gasteiger partial charge in [0.1, 0.15) is 5.75 Å². The number of ether oxygens (including phenoxy) is 3. The molecule has 0 fully saturated rings. The summed E-state index contributed by atoms with van der Waals surface area (Å²) in [6, 6.07) is 10.6. The highest BCUT2D eigenvalue weighted by molar-refractivity contribution is 5.93. The van der Waals surface area contributed by atoms with Crippen LogP contribution in [0.25, 0.3) is 0 Å². The van der Waals surface area contributed by atoms with Crippen molar-refractivity contribution in [2.45, 2.75) is 19.1 Å². The lowest BCUT2D eigenvalue weighted by Gasteiger charge is -2.15. The Labute approximate surface area is 173 Å². The zero-order valence-electron chi connectivity index (χ0n) is 16.8. The maximum Gasteiger partial charge on any atom is 0.422 e. The van der Waals surface area contributed by atoms with Crippen molar-refractivity contribution in [3.8, 4) is 11.6 Å². The zero-order valence-corrected chi connectivity index (χ0v) is 16.8. The average Bonchev–Trinajstić information content (AvgIpc) is 2.73. The fourth-order valence-electron chi connectivity index (χ4n) is 2.39. The number of nitrogens with one attached hydrogen (secondary N) is 2. The Hall–Kier alpha value is -3.01. The van der Waals surface area contributed by atoms with E-state index in [4.69, 9.17) is 14.2 Å². The first-order valence-corrected chi connectivity index (χ1v) is 9.24. The van der Waals surface area contributed by atoms with E-state index in [1.807, 2.05) is 24.3 Å². The van der Waals surface area contributed by atoms with Gasteiger partial charge in [-0.3, -0.25) is 4.99 Å². The van der Waals surface area contributed by atoms with Gasteiger partial charge in [-0.15, -0.1) is 0 Å². The monoisotopic (exact) mass is 426 g/mol. The Morgan fingerprint density at radius 3 is 2.70 bits per heavy atom. The maximum atomic E-state index is 12.4. The number of halogens is 3. The standard InChI is InChI=1S/C20H25F3N4O3/c1-24-19(27-16-7-3-8-17(12-16)29-11-5-10-28-2)26-13-15-6-4-9-25-18(15)30-14-20(21,22)23/h3-4,6-9,12H,5,10-11,13-14H2,1-2H3,(H2,24,26,27). The van der Waals surface area contributed by atoms with Crippen molar-refractivity contribution >= 4 is 11.6 Å². The summed E-state index contributed by atoms with van der Waals surface area (Å²) in [6.07, 6.45) is -2.28. The lowest BCUT2D eigenvalue weighted by atomic mass is 10.2. The van der Waals surface area contributed by atoms with Gasteiger partial charge in [-0.2, -0.15) is 13.2 Å². The van der Waals surface area contributed by atoms with E-state index in [0.717, 1.165) is 12.1 Å². The molecule has 2 rings (SSSR count). The molecule has 0 atom stereocenters. The van der Waals surface area contributed by atoms with Gasteiger partial charge in [-0.05, 0) is 18.2 Å². The van der Waals surface area contributed by atoms with Gasteiger partial charge in [-0.1, -0.05) is 12.1 Å². The number of pyridine rings is 1. The SMILES string of the molecule is CN=C(NCc1cccnc1OCC(F)(F)F)Nc1cccc(OCCCOC)c1. The predicted molar refractivity (Wildman–Crippen MR) is 108 cm³/mol. The molecular weight excluding hydrogens is 401 g/mol. The molecule has 0 saturated heterocycles. The number of aromatic nitrogens is 1. The van der Waals surface area contributed by atoms with E-state index < -0.39 is 12.8 Å². The lowest BCUT2D eigenvalue weighted by molar-refractivity contribution is -0.154. The molecule has 0 radical (unpaired) electrons. The van der Waals surface area contributed by atoms with Crippen LogP contribution in [-0.4, -0.2) is 51.1 Å². The number of methoxy groups -OCH3 is 1. The molecule has 10 heteroatoms. The smallest absolute Gasteiger partial charge is 0.422 e. The van der Waals surface area contributed by atoms with Crippen LogP contribution in [0, 0.1) is 0 Å². The molecule has 1 aromatic carbocycles. The zero-order chi connectivity index (χ0) is 21.8. The number of hydrogen-bond donors (Lipinski definition) is 2. The van der Waals surface area contributed by atoms with Crippen molar-refractivity contribution in [3.63, 3.8) is 0 Å². The molecule has 164 valence electrons. The largest absolute Gasteiger partial charge is 0.493 e. The molecule has 0 bridgehead atoms. The first-order chi connectivity index (χ1) is 14.4. The number of guanidine groups is 1. The van der Waals surface area contributed by atoms with Crippen molar-refractivity contribution in [3.05, 3.63) is 48.2 Å². The molecule has 1 heterocycles. The Kier molecular flexibility index (Phi) is 9.20. The minimum Gasteiger partial charge on any atom is -0.493 e. The van der Waals surface area contributed by atoms with E-state index in [2.05, 4.69) is 20.6 Å². The summed E-state index contributed by atoms with van der Waals surface area (Å²) in [7, 11) is 3.23. The minimum atomic E-state index is -4.43. The second-order valence-electron chi connectivity index (χ2n) is 6.14. The Balaban J connectivity index is 1.93. The number of benzene rings is 1. The van der Waals surface area contributed by atoms with Crippen LogP contribution >= 0.6 is 0 Å². The van der Waals surface area contributed by atoms with Gasteiger partial charge >= 0.3 is 6.18 Å². The van der Waals surface area contributed by atoms with Crippen molar-refractivity contribution in [2.75, 3.05) is 39.3 Å². The summed E-state index contributed by atoms with van der Waals surface area (Å²) in [5, 5.41) is 6.14. The summed E-state index contributed by atoms with van der Waals surface area (Å²) in [6.45, 7) is -0.0709. The topological polar surface area (TPSA) is 77.0 Å². The van der Waals surface area contributed by atoms with Crippen molar-refractivity contribution in [1.82, 2.24) is 10.3 Å². The van der Waals surface area contributed by atoms with Gasteiger partial charge in [0.2, 0.25) is 5.88 Å². The van der Waals surface area contributed by atoms with Crippen LogP contribution in [-0.2, 0) is 11.3 Å². The fraction of sp³-hybridized carbons (Fsp3) is 0.400. The van der Waals surface area contributed by atoms with Crippen molar-refractivity contribution in [2.24, 2.45) is 4.99 Å². The molecule has 2 N–H and O–H groups in total. The van der Waals surface area contributed by atoms with Gasteiger partial charge in [0.05, 0.1) is 6.61 Å². The third-order valence-electron chi connectivity index (χ3n) is 3.75. The number of rotatable bonds is 10. The fourth-order valence-corrected chi connectivity index (χ4v) is 2.39. The first kappa shape index (κ1) is 23.3. The highest BCUT2D eigenvalue weighted by Crippen LogP contribution is 2.20. The summed E-state index contributed by atoms with van der Waals surface area (Å²) < 4.78 is 52.7. The van der Waals surface area contributed by atoms with Crippen molar-refractivity contribution in [1.29, 1.82) is 0 Å². The minimum absolute atomic E-state index is 0.0794. The van der Waals surface area contributed by atoms with E-state index in [9.17, 15) is 13.2 Å². The first-order valence-electron chi connectivity index (χ1n) is 9.24. The molecule has 0 spiro atoms. The molecule has 0 aliphatic heterocycles. The molecule has 2 aromatic rings. The van der Waals surface area contributed by atoms with E-state index in [1.165, 1.54) is 6.20 Å². The van der Waals surface area contributed by atoms with Gasteiger partial charge in [0.25, 0.3) is 0 Å². The normalized spacial score (nSPS) is 11.8. The molecule has 0 amide bonds. The maximum absolute atomic E-state index is 12.4. The number of nitrogens with zero attached hydrogens (tertiary/aromatic N) is 2. The van der Waals surface area contributed by atoms with Gasteiger partial charge in [0.15, 0.2) is 12.6 Å². The summed E-state index contributed by atoms with van der Waals surface area (Å²) in [5.41, 5.74) is 1.21. The third-order valence-corrected chi connectivity index (χ3v) is 3.75. The summed E-state index contributed by atoms with van der Waals surface area (Å²) in [4.78, 5) is 8.00. The Bertz CT molecular complexity index is 816. The average molecular weight is 426 g/mol. The lowest BCUT2D eigenvalue weighted by Crippen LogP contribution is -2.30.